The van der Waals surface area contributed by atoms with Crippen molar-refractivity contribution >= 4 is 6.09 Å². The molecule has 0 unspecified atom stereocenters. The smallest absolute Gasteiger partial charge is 0.411 e. The second kappa shape index (κ2) is 4.32. The van der Waals surface area contributed by atoms with Gasteiger partial charge in [0.15, 0.2) is 0 Å². The molecule has 4 heteroatoms. The topological polar surface area (TPSA) is 29.5 Å². The lowest BCUT2D eigenvalue weighted by Crippen LogP contribution is -2.36. The van der Waals surface area contributed by atoms with Crippen molar-refractivity contribution in [3.8, 4) is 12.3 Å². The zero-order valence-corrected chi connectivity index (χ0v) is 8.37. The second-order valence-corrected chi connectivity index (χ2v) is 3.60. The fraction of sp³-hybridized carbons (Fsp3) is 0.700. The first kappa shape index (κ1) is 10.8. The zero-order valence-electron chi connectivity index (χ0n) is 8.37. The number of hydrogen-bond donors (Lipinski definition) is 0. The van der Waals surface area contributed by atoms with E-state index in [9.17, 15) is 9.18 Å². The first-order chi connectivity index (χ1) is 6.54. The third kappa shape index (κ3) is 2.38. The molecule has 1 aliphatic heterocycles. The second-order valence-electron chi connectivity index (χ2n) is 3.60. The van der Waals surface area contributed by atoms with Crippen molar-refractivity contribution in [1.29, 1.82) is 0 Å². The van der Waals surface area contributed by atoms with Crippen molar-refractivity contribution in [3.05, 3.63) is 0 Å². The largest absolute Gasteiger partial charge is 0.447 e. The van der Waals surface area contributed by atoms with Crippen LogP contribution in [0, 0.1) is 12.3 Å². The predicted molar refractivity (Wildman–Crippen MR) is 50.5 cm³/mol. The van der Waals surface area contributed by atoms with Crippen molar-refractivity contribution in [3.63, 3.8) is 0 Å². The van der Waals surface area contributed by atoms with Crippen LogP contribution in [0.3, 0.4) is 0 Å². The quantitative estimate of drug-likeness (QED) is 0.600. The number of alkyl halides is 1. The van der Waals surface area contributed by atoms with Gasteiger partial charge in [-0.05, 0) is 13.8 Å². The molecule has 2 atom stereocenters. The Labute approximate surface area is 83.2 Å². The average Bonchev–Trinajstić information content (AvgIpc) is 2.45. The summed E-state index contributed by atoms with van der Waals surface area (Å²) in [5.41, 5.74) is 0. The summed E-state index contributed by atoms with van der Waals surface area (Å²) >= 11 is 0. The van der Waals surface area contributed by atoms with Crippen LogP contribution >= 0.6 is 0 Å². The number of rotatable bonds is 1. The van der Waals surface area contributed by atoms with Gasteiger partial charge in [0.25, 0.3) is 0 Å². The van der Waals surface area contributed by atoms with Gasteiger partial charge in [-0.15, -0.1) is 6.42 Å². The first-order valence-corrected chi connectivity index (χ1v) is 4.62. The van der Waals surface area contributed by atoms with E-state index in [0.29, 0.717) is 0 Å². The summed E-state index contributed by atoms with van der Waals surface area (Å²) in [7, 11) is 0. The van der Waals surface area contributed by atoms with Crippen LogP contribution in [0.2, 0.25) is 0 Å². The number of ether oxygens (including phenoxy) is 1. The van der Waals surface area contributed by atoms with E-state index in [1.807, 2.05) is 0 Å². The molecule has 1 aliphatic rings. The molecule has 1 heterocycles. The summed E-state index contributed by atoms with van der Waals surface area (Å²) in [5.74, 6) is 2.38. The summed E-state index contributed by atoms with van der Waals surface area (Å²) in [6, 6.07) is -0.462. The number of amides is 1. The van der Waals surface area contributed by atoms with E-state index in [2.05, 4.69) is 5.92 Å². The lowest BCUT2D eigenvalue weighted by Gasteiger charge is -2.20. The maximum atomic E-state index is 13.0. The van der Waals surface area contributed by atoms with Gasteiger partial charge in [0.2, 0.25) is 0 Å². The Morgan fingerprint density at radius 3 is 2.86 bits per heavy atom. The molecule has 0 N–H and O–H groups in total. The number of likely N-dealkylation sites (tertiary alicyclic amines) is 1. The predicted octanol–water partition coefficient (Wildman–Crippen LogP) is 1.58. The fourth-order valence-corrected chi connectivity index (χ4v) is 1.41. The van der Waals surface area contributed by atoms with E-state index in [0.717, 1.165) is 0 Å². The SMILES string of the molecule is C#C[C@@H]1C[C@H](F)CN1C(=O)OC(C)C. The maximum Gasteiger partial charge on any atom is 0.411 e. The minimum atomic E-state index is -1.03. The van der Waals surface area contributed by atoms with Crippen LogP contribution in [0.4, 0.5) is 9.18 Å². The summed E-state index contributed by atoms with van der Waals surface area (Å²) in [4.78, 5) is 12.7. The Kier molecular flexibility index (Phi) is 3.34. The van der Waals surface area contributed by atoms with E-state index in [1.54, 1.807) is 13.8 Å². The molecule has 0 bridgehead atoms. The van der Waals surface area contributed by atoms with Crippen molar-refractivity contribution in [2.75, 3.05) is 6.54 Å². The molecule has 3 nitrogen and oxygen atoms in total. The molecule has 78 valence electrons. The van der Waals surface area contributed by atoms with Crippen molar-refractivity contribution in [1.82, 2.24) is 4.90 Å². The Morgan fingerprint density at radius 2 is 2.36 bits per heavy atom. The standard InChI is InChI=1S/C10H14FNO2/c1-4-9-5-8(11)6-12(9)10(13)14-7(2)3/h1,7-9H,5-6H2,2-3H3/t8-,9+/m0/s1. The molecular weight excluding hydrogens is 185 g/mol. The molecule has 1 saturated heterocycles. The molecule has 0 aromatic rings. The Hall–Kier alpha value is -1.24. The number of carbonyl (C=O) groups is 1. The molecule has 14 heavy (non-hydrogen) atoms. The van der Waals surface area contributed by atoms with E-state index in [1.165, 1.54) is 4.90 Å². The number of nitrogens with zero attached hydrogens (tertiary/aromatic N) is 1. The lowest BCUT2D eigenvalue weighted by molar-refractivity contribution is 0.0771. The molecule has 1 rings (SSSR count). The van der Waals surface area contributed by atoms with Crippen LogP contribution < -0.4 is 0 Å². The number of terminal acetylenes is 1. The Morgan fingerprint density at radius 1 is 1.71 bits per heavy atom. The Balaban J connectivity index is 2.59. The minimum Gasteiger partial charge on any atom is -0.447 e. The normalized spacial score (nSPS) is 26.4. The Bertz CT molecular complexity index is 259. The van der Waals surface area contributed by atoms with Gasteiger partial charge in [-0.2, -0.15) is 0 Å². The van der Waals surface area contributed by atoms with Gasteiger partial charge in [0, 0.05) is 6.42 Å². The van der Waals surface area contributed by atoms with Gasteiger partial charge in [-0.1, -0.05) is 5.92 Å². The molecule has 0 spiro atoms. The van der Waals surface area contributed by atoms with Crippen LogP contribution in [0.25, 0.3) is 0 Å². The third-order valence-electron chi connectivity index (χ3n) is 2.01. The summed E-state index contributed by atoms with van der Waals surface area (Å²) in [6.45, 7) is 3.53. The minimum absolute atomic E-state index is 0.0421. The fourth-order valence-electron chi connectivity index (χ4n) is 1.41. The van der Waals surface area contributed by atoms with E-state index >= 15 is 0 Å². The van der Waals surface area contributed by atoms with Crippen molar-refractivity contribution in [2.45, 2.75) is 38.6 Å². The molecular formula is C10H14FNO2. The molecule has 0 aliphatic carbocycles. The van der Waals surface area contributed by atoms with Gasteiger partial charge in [0.1, 0.15) is 6.17 Å². The van der Waals surface area contributed by atoms with Crippen LogP contribution in [-0.4, -0.2) is 35.9 Å². The monoisotopic (exact) mass is 199 g/mol. The van der Waals surface area contributed by atoms with Gasteiger partial charge in [-0.3, -0.25) is 4.90 Å². The molecule has 0 radical (unpaired) electrons. The van der Waals surface area contributed by atoms with Crippen LogP contribution in [-0.2, 0) is 4.74 Å². The van der Waals surface area contributed by atoms with Crippen LogP contribution in [0.15, 0.2) is 0 Å². The van der Waals surface area contributed by atoms with Gasteiger partial charge < -0.3 is 4.74 Å². The highest BCUT2D eigenvalue weighted by Gasteiger charge is 2.35. The molecule has 0 aromatic heterocycles. The zero-order chi connectivity index (χ0) is 10.7. The molecule has 1 amide bonds. The summed E-state index contributed by atoms with van der Waals surface area (Å²) < 4.78 is 17.9. The summed E-state index contributed by atoms with van der Waals surface area (Å²) in [5, 5.41) is 0. The molecule has 1 fully saturated rings. The highest BCUT2D eigenvalue weighted by atomic mass is 19.1. The van der Waals surface area contributed by atoms with Crippen LogP contribution in [0.5, 0.6) is 0 Å². The molecule has 0 aromatic carbocycles. The first-order valence-electron chi connectivity index (χ1n) is 4.62. The van der Waals surface area contributed by atoms with Gasteiger partial charge in [0.05, 0.1) is 18.7 Å². The lowest BCUT2D eigenvalue weighted by atomic mass is 10.2. The third-order valence-corrected chi connectivity index (χ3v) is 2.01. The highest BCUT2D eigenvalue weighted by Crippen LogP contribution is 2.20. The average molecular weight is 199 g/mol. The number of halogens is 1. The van der Waals surface area contributed by atoms with Crippen molar-refractivity contribution in [2.24, 2.45) is 0 Å². The van der Waals surface area contributed by atoms with Gasteiger partial charge in [-0.25, -0.2) is 9.18 Å². The maximum absolute atomic E-state index is 13.0. The molecule has 0 saturated carbocycles. The van der Waals surface area contributed by atoms with E-state index < -0.39 is 18.3 Å². The highest BCUT2D eigenvalue weighted by molar-refractivity contribution is 5.69. The van der Waals surface area contributed by atoms with Crippen molar-refractivity contribution < 1.29 is 13.9 Å². The van der Waals surface area contributed by atoms with E-state index in [-0.39, 0.29) is 19.1 Å². The van der Waals surface area contributed by atoms with Crippen LogP contribution in [0.1, 0.15) is 20.3 Å². The number of hydrogen-bond acceptors (Lipinski definition) is 2. The summed E-state index contributed by atoms with van der Waals surface area (Å²) in [6.07, 6.45) is 3.64. The number of carbonyl (C=O) groups excluding carboxylic acids is 1. The van der Waals surface area contributed by atoms with E-state index in [4.69, 9.17) is 11.2 Å². The van der Waals surface area contributed by atoms with Gasteiger partial charge >= 0.3 is 6.09 Å².